The molecule has 0 unspecified atom stereocenters. The van der Waals surface area contributed by atoms with Crippen LogP contribution in [0.3, 0.4) is 0 Å². The number of fused-ring (bicyclic) bond motifs is 10. The predicted molar refractivity (Wildman–Crippen MR) is 243 cm³/mol. The van der Waals surface area contributed by atoms with Crippen LogP contribution in [0.4, 0.5) is 44.2 Å². The first-order chi connectivity index (χ1) is 32.1. The molecular weight excluding hydrogens is 871 g/mol. The van der Waals surface area contributed by atoms with Gasteiger partial charge in [-0.3, -0.25) is 30.4 Å². The number of aromatic amines is 2. The predicted octanol–water partition coefficient (Wildman–Crippen LogP) is 2.64. The van der Waals surface area contributed by atoms with Crippen molar-refractivity contribution in [1.29, 1.82) is 0 Å². The standard InChI is InChI=1S/C20H18N10O.C14H12ClN9O.C6H8BNO2/c1-11-8-12(4-6-21-11)14-2-3-15-19(24-14)30(13-5-7-29(15)9-13)20(31)25-17-16-18(23-10-22-17)27-28-26-16;15-9-2-1-8-13(18-9)24(7-3-4-23(8)5-7)14(25)19-11-10-12(17-6-16-11)21-22-20-10;1-5-4-6(7(9)10)2-3-8-5/h2-4,6,8,10,13H,5,7,9H2,1H3,(H2,22,23,25,26,27,28,31);1-2,6-7H,3-5H2,(H2,16,17,19,20,21,22,25);2-4,9-10H,1H3/t13-;7-;/m00./s1. The number of hydrogen-bond donors (Lipinski definition) is 6. The fourth-order valence-corrected chi connectivity index (χ4v) is 8.52. The number of carbonyl (C=O) groups is 2. The summed E-state index contributed by atoms with van der Waals surface area (Å²) in [7, 11) is -1.39. The highest BCUT2D eigenvalue weighted by Crippen LogP contribution is 2.41. The smallest absolute Gasteiger partial charge is 0.423 e. The molecule has 8 aromatic rings. The maximum Gasteiger partial charge on any atom is 0.488 e. The molecule has 4 aliphatic heterocycles. The number of nitrogens with zero attached hydrogens (tertiary/aromatic N) is 16. The number of rotatable bonds is 4. The summed E-state index contributed by atoms with van der Waals surface area (Å²) in [5.41, 5.74) is 7.39. The highest BCUT2D eigenvalue weighted by atomic mass is 35.5. The van der Waals surface area contributed by atoms with Crippen molar-refractivity contribution in [3.8, 4) is 11.3 Å². The van der Waals surface area contributed by atoms with Crippen LogP contribution in [0, 0.1) is 13.8 Å². The van der Waals surface area contributed by atoms with Gasteiger partial charge in [0.2, 0.25) is 11.3 Å². The first kappa shape index (κ1) is 42.0. The van der Waals surface area contributed by atoms with Crippen molar-refractivity contribution in [2.45, 2.75) is 38.8 Å². The maximum atomic E-state index is 13.4. The zero-order valence-electron chi connectivity index (χ0n) is 35.1. The molecule has 6 N–H and O–H groups in total. The van der Waals surface area contributed by atoms with E-state index in [-0.39, 0.29) is 24.1 Å². The molecule has 2 fully saturated rings. The molecule has 0 radical (unpaired) electrons. The third kappa shape index (κ3) is 8.16. The minimum Gasteiger partial charge on any atom is -0.423 e. The van der Waals surface area contributed by atoms with Gasteiger partial charge in [-0.2, -0.15) is 20.6 Å². The molecular formula is C40H38BClN20O4. The van der Waals surface area contributed by atoms with E-state index in [1.165, 1.54) is 12.7 Å². The van der Waals surface area contributed by atoms with Crippen LogP contribution in [0.2, 0.25) is 5.15 Å². The van der Waals surface area contributed by atoms with E-state index in [9.17, 15) is 9.59 Å². The number of urea groups is 2. The molecule has 4 aliphatic rings. The summed E-state index contributed by atoms with van der Waals surface area (Å²) < 4.78 is 0. The summed E-state index contributed by atoms with van der Waals surface area (Å²) in [5.74, 6) is 1.81. The SMILES string of the molecule is Cc1cc(-c2ccc3c(n2)N(C(=O)Nc2ncnc4n[nH]nc24)[C@H]2CCN3C2)ccn1.Cc1cc(B(O)O)ccn1.O=C(Nc1ncnc2n[nH]nc12)N1c2nc(Cl)ccc2N2CC[C@H]1C2. The van der Waals surface area contributed by atoms with Gasteiger partial charge in [0.05, 0.1) is 29.2 Å². The van der Waals surface area contributed by atoms with Crippen molar-refractivity contribution in [2.24, 2.45) is 0 Å². The summed E-state index contributed by atoms with van der Waals surface area (Å²) in [4.78, 5) is 68.0. The van der Waals surface area contributed by atoms with Crippen LogP contribution < -0.4 is 35.7 Å². The van der Waals surface area contributed by atoms with E-state index in [0.717, 1.165) is 73.0 Å². The van der Waals surface area contributed by atoms with Gasteiger partial charge in [0.25, 0.3) is 0 Å². The van der Waals surface area contributed by atoms with Gasteiger partial charge in [-0.05, 0) is 80.7 Å². The topological polar surface area (TPSA) is 298 Å². The van der Waals surface area contributed by atoms with E-state index >= 15 is 0 Å². The van der Waals surface area contributed by atoms with E-state index in [1.54, 1.807) is 47.3 Å². The molecule has 26 heteroatoms. The van der Waals surface area contributed by atoms with Crippen molar-refractivity contribution in [3.05, 3.63) is 90.1 Å². The van der Waals surface area contributed by atoms with Crippen LogP contribution in [0.1, 0.15) is 24.2 Å². The van der Waals surface area contributed by atoms with E-state index in [4.69, 9.17) is 26.6 Å². The Morgan fingerprint density at radius 2 is 1.23 bits per heavy atom. The van der Waals surface area contributed by atoms with Crippen LogP contribution in [0.15, 0.2) is 73.6 Å². The van der Waals surface area contributed by atoms with Crippen molar-refractivity contribution >= 4 is 93.2 Å². The summed E-state index contributed by atoms with van der Waals surface area (Å²) >= 11 is 6.06. The summed E-state index contributed by atoms with van der Waals surface area (Å²) in [6.07, 6.45) is 7.73. The van der Waals surface area contributed by atoms with Gasteiger partial charge in [0.1, 0.15) is 17.8 Å². The van der Waals surface area contributed by atoms with E-state index in [1.807, 2.05) is 37.3 Å². The quantitative estimate of drug-likeness (QED) is 0.109. The van der Waals surface area contributed by atoms with Crippen LogP contribution in [0.5, 0.6) is 0 Å². The molecule has 0 aromatic carbocycles. The first-order valence-electron chi connectivity index (χ1n) is 20.7. The Hall–Kier alpha value is -8.03. The molecule has 66 heavy (non-hydrogen) atoms. The monoisotopic (exact) mass is 908 g/mol. The van der Waals surface area contributed by atoms with Gasteiger partial charge in [-0.1, -0.05) is 11.6 Å². The van der Waals surface area contributed by atoms with E-state index in [2.05, 4.69) is 86.1 Å². The fourth-order valence-electron chi connectivity index (χ4n) is 8.37. The number of aryl methyl sites for hydroxylation is 2. The molecule has 2 atom stereocenters. The van der Waals surface area contributed by atoms with Gasteiger partial charge >= 0.3 is 19.2 Å². The van der Waals surface area contributed by atoms with Crippen LogP contribution >= 0.6 is 11.6 Å². The second-order valence-electron chi connectivity index (χ2n) is 15.6. The molecule has 12 heterocycles. The Bertz CT molecular complexity index is 3120. The van der Waals surface area contributed by atoms with Gasteiger partial charge in [0, 0.05) is 55.5 Å². The number of nitrogens with one attached hydrogen (secondary N) is 4. The minimum atomic E-state index is -1.39. The number of H-pyrrole nitrogens is 2. The molecule has 2 saturated heterocycles. The average molecular weight is 909 g/mol. The van der Waals surface area contributed by atoms with Crippen molar-refractivity contribution < 1.29 is 19.6 Å². The van der Waals surface area contributed by atoms with Crippen LogP contribution in [-0.2, 0) is 0 Å². The normalized spacial score (nSPS) is 16.5. The molecule has 0 saturated carbocycles. The Morgan fingerprint density at radius 1 is 0.682 bits per heavy atom. The number of carbonyl (C=O) groups excluding carboxylic acids is 2. The number of amides is 4. The second-order valence-corrected chi connectivity index (χ2v) is 16.0. The number of halogens is 1. The zero-order valence-corrected chi connectivity index (χ0v) is 35.9. The first-order valence-corrected chi connectivity index (χ1v) is 21.1. The molecule has 0 spiro atoms. The van der Waals surface area contributed by atoms with Crippen molar-refractivity contribution in [3.63, 3.8) is 0 Å². The number of pyridine rings is 4. The molecule has 12 rings (SSSR count). The van der Waals surface area contributed by atoms with Crippen molar-refractivity contribution in [1.82, 2.24) is 70.7 Å². The average Bonchev–Trinajstić information content (AvgIpc) is 4.15. The number of aromatic nitrogens is 14. The lowest BCUT2D eigenvalue weighted by molar-refractivity contribution is 0.254. The molecule has 332 valence electrons. The maximum absolute atomic E-state index is 13.4. The largest absolute Gasteiger partial charge is 0.488 e. The van der Waals surface area contributed by atoms with Crippen LogP contribution in [-0.4, -0.2) is 138 Å². The fraction of sp³-hybridized carbons (Fsp3) is 0.250. The lowest BCUT2D eigenvalue weighted by Crippen LogP contribution is -2.48. The Kier molecular flexibility index (Phi) is 11.1. The zero-order chi connectivity index (χ0) is 45.5. The van der Waals surface area contributed by atoms with E-state index in [0.29, 0.717) is 56.2 Å². The molecule has 24 nitrogen and oxygen atoms in total. The molecule has 4 amide bonds. The minimum absolute atomic E-state index is 0.0315. The molecule has 0 aliphatic carbocycles. The van der Waals surface area contributed by atoms with Gasteiger partial charge in [-0.25, -0.2) is 39.5 Å². The molecule has 8 aromatic heterocycles. The van der Waals surface area contributed by atoms with Gasteiger partial charge in [-0.15, -0.1) is 10.2 Å². The second kappa shape index (κ2) is 17.5. The van der Waals surface area contributed by atoms with Crippen molar-refractivity contribution in [2.75, 3.05) is 56.4 Å². The summed E-state index contributed by atoms with van der Waals surface area (Å²) in [5, 5.41) is 44.2. The Balaban J connectivity index is 0.000000131. The number of anilines is 6. The summed E-state index contributed by atoms with van der Waals surface area (Å²) in [6.45, 7) is 7.06. The van der Waals surface area contributed by atoms with Crippen LogP contribution in [0.25, 0.3) is 33.6 Å². The summed E-state index contributed by atoms with van der Waals surface area (Å²) in [6, 6.07) is 14.2. The lowest BCUT2D eigenvalue weighted by Gasteiger charge is -2.35. The molecule has 4 bridgehead atoms. The third-order valence-electron chi connectivity index (χ3n) is 11.4. The highest BCUT2D eigenvalue weighted by Gasteiger charge is 2.42. The Labute approximate surface area is 379 Å². The lowest BCUT2D eigenvalue weighted by atomic mass is 9.81. The third-order valence-corrected chi connectivity index (χ3v) is 11.6. The number of hydrogen-bond acceptors (Lipinski definition) is 18. The Morgan fingerprint density at radius 3 is 1.77 bits per heavy atom. The van der Waals surface area contributed by atoms with E-state index < -0.39 is 7.12 Å². The van der Waals surface area contributed by atoms with Gasteiger partial charge in [0.15, 0.2) is 34.3 Å². The van der Waals surface area contributed by atoms with Gasteiger partial charge < -0.3 is 19.8 Å². The highest BCUT2D eigenvalue weighted by molar-refractivity contribution is 6.58.